The Labute approximate surface area is 115 Å². The topological polar surface area (TPSA) is 47.6 Å². The van der Waals surface area contributed by atoms with Crippen molar-refractivity contribution in [2.24, 2.45) is 0 Å². The maximum Gasteiger partial charge on any atom is 0.261 e. The second kappa shape index (κ2) is 7.79. The highest BCUT2D eigenvalue weighted by atomic mass is 16.5. The molecule has 0 aliphatic rings. The van der Waals surface area contributed by atoms with E-state index in [1.54, 1.807) is 7.11 Å². The van der Waals surface area contributed by atoms with E-state index < -0.39 is 6.10 Å². The minimum atomic E-state index is -0.461. The summed E-state index contributed by atoms with van der Waals surface area (Å²) in [4.78, 5) is 12.0. The molecule has 0 saturated carbocycles. The lowest BCUT2D eigenvalue weighted by Crippen LogP contribution is -2.39. The molecule has 0 fully saturated rings. The van der Waals surface area contributed by atoms with Crippen LogP contribution < -0.4 is 10.1 Å². The summed E-state index contributed by atoms with van der Waals surface area (Å²) >= 11 is 0. The van der Waals surface area contributed by atoms with Crippen molar-refractivity contribution in [1.29, 1.82) is 0 Å². The third-order valence-corrected chi connectivity index (χ3v) is 2.88. The Morgan fingerprint density at radius 2 is 2.11 bits per heavy atom. The lowest BCUT2D eigenvalue weighted by molar-refractivity contribution is -0.128. The Morgan fingerprint density at radius 1 is 1.37 bits per heavy atom. The molecule has 1 atom stereocenters. The van der Waals surface area contributed by atoms with Crippen LogP contribution in [0.5, 0.6) is 5.75 Å². The monoisotopic (exact) mass is 265 g/mol. The maximum atomic E-state index is 12.0. The van der Waals surface area contributed by atoms with Gasteiger partial charge >= 0.3 is 0 Å². The molecular weight excluding hydrogens is 242 g/mol. The van der Waals surface area contributed by atoms with Crippen LogP contribution in [0.3, 0.4) is 0 Å². The molecule has 0 bridgehead atoms. The van der Waals surface area contributed by atoms with Crippen molar-refractivity contribution in [1.82, 2.24) is 5.32 Å². The van der Waals surface area contributed by atoms with E-state index in [0.29, 0.717) is 19.6 Å². The van der Waals surface area contributed by atoms with Gasteiger partial charge in [-0.15, -0.1) is 0 Å². The highest BCUT2D eigenvalue weighted by molar-refractivity contribution is 5.81. The van der Waals surface area contributed by atoms with Crippen molar-refractivity contribution in [2.75, 3.05) is 20.3 Å². The first-order valence-corrected chi connectivity index (χ1v) is 6.59. The molecule has 1 unspecified atom stereocenters. The van der Waals surface area contributed by atoms with Crippen LogP contribution in [-0.4, -0.2) is 32.3 Å². The molecule has 4 heteroatoms. The van der Waals surface area contributed by atoms with Crippen molar-refractivity contribution in [3.63, 3.8) is 0 Å². The number of rotatable bonds is 7. The van der Waals surface area contributed by atoms with Gasteiger partial charge in [0.2, 0.25) is 0 Å². The Bertz CT molecular complexity index is 418. The maximum absolute atomic E-state index is 12.0. The smallest absolute Gasteiger partial charge is 0.261 e. The van der Waals surface area contributed by atoms with E-state index in [0.717, 1.165) is 16.9 Å². The number of ether oxygens (including phenoxy) is 2. The fourth-order valence-electron chi connectivity index (χ4n) is 1.70. The van der Waals surface area contributed by atoms with Crippen LogP contribution in [0.15, 0.2) is 18.2 Å². The summed E-state index contributed by atoms with van der Waals surface area (Å²) in [6.45, 7) is 6.93. The standard InChI is InChI=1S/C15H23NO3/c1-5-13(15(17)16-8-9-18-4)19-14-10-11(2)6-7-12(14)3/h6-7,10,13H,5,8-9H2,1-4H3,(H,16,17). The molecule has 0 radical (unpaired) electrons. The van der Waals surface area contributed by atoms with Gasteiger partial charge in [0.25, 0.3) is 5.91 Å². The Morgan fingerprint density at radius 3 is 2.74 bits per heavy atom. The van der Waals surface area contributed by atoms with E-state index >= 15 is 0 Å². The Hall–Kier alpha value is -1.55. The normalized spacial score (nSPS) is 12.0. The van der Waals surface area contributed by atoms with Crippen molar-refractivity contribution in [2.45, 2.75) is 33.3 Å². The average Bonchev–Trinajstić information content (AvgIpc) is 2.39. The van der Waals surface area contributed by atoms with Gasteiger partial charge in [-0.25, -0.2) is 0 Å². The van der Waals surface area contributed by atoms with Crippen molar-refractivity contribution in [3.05, 3.63) is 29.3 Å². The highest BCUT2D eigenvalue weighted by Crippen LogP contribution is 2.21. The number of hydrogen-bond donors (Lipinski definition) is 1. The molecule has 106 valence electrons. The van der Waals surface area contributed by atoms with Gasteiger partial charge in [-0.2, -0.15) is 0 Å². The number of carbonyl (C=O) groups is 1. The third kappa shape index (κ3) is 4.91. The van der Waals surface area contributed by atoms with Crippen LogP contribution in [0.2, 0.25) is 0 Å². The largest absolute Gasteiger partial charge is 0.480 e. The molecule has 1 aromatic carbocycles. The van der Waals surface area contributed by atoms with Crippen LogP contribution in [0.1, 0.15) is 24.5 Å². The number of carbonyl (C=O) groups excluding carboxylic acids is 1. The second-order valence-electron chi connectivity index (χ2n) is 4.57. The first-order valence-electron chi connectivity index (χ1n) is 6.59. The fourth-order valence-corrected chi connectivity index (χ4v) is 1.70. The molecule has 4 nitrogen and oxygen atoms in total. The molecule has 1 aromatic rings. The summed E-state index contributed by atoms with van der Waals surface area (Å²) < 4.78 is 10.7. The molecule has 0 aliphatic carbocycles. The van der Waals surface area contributed by atoms with Crippen LogP contribution >= 0.6 is 0 Å². The fraction of sp³-hybridized carbons (Fsp3) is 0.533. The first-order chi connectivity index (χ1) is 9.08. The average molecular weight is 265 g/mol. The molecule has 0 aromatic heterocycles. The van der Waals surface area contributed by atoms with Gasteiger partial charge in [0, 0.05) is 13.7 Å². The number of hydrogen-bond acceptors (Lipinski definition) is 3. The van der Waals surface area contributed by atoms with Crippen LogP contribution in [0, 0.1) is 13.8 Å². The molecule has 0 spiro atoms. The molecule has 1 amide bonds. The van der Waals surface area contributed by atoms with E-state index in [9.17, 15) is 4.79 Å². The lowest BCUT2D eigenvalue weighted by Gasteiger charge is -2.19. The number of aryl methyl sites for hydroxylation is 2. The van der Waals surface area contributed by atoms with Crippen molar-refractivity contribution < 1.29 is 14.3 Å². The zero-order valence-corrected chi connectivity index (χ0v) is 12.2. The van der Waals surface area contributed by atoms with E-state index in [1.165, 1.54) is 0 Å². The van der Waals surface area contributed by atoms with Gasteiger partial charge in [-0.1, -0.05) is 19.1 Å². The third-order valence-electron chi connectivity index (χ3n) is 2.88. The van der Waals surface area contributed by atoms with Gasteiger partial charge in [0.05, 0.1) is 6.61 Å². The van der Waals surface area contributed by atoms with Gasteiger partial charge in [0.1, 0.15) is 5.75 Å². The summed E-state index contributed by atoms with van der Waals surface area (Å²) in [6, 6.07) is 5.99. The van der Waals surface area contributed by atoms with Crippen LogP contribution in [0.4, 0.5) is 0 Å². The van der Waals surface area contributed by atoms with Gasteiger partial charge in [0.15, 0.2) is 6.10 Å². The molecule has 0 saturated heterocycles. The van der Waals surface area contributed by atoms with E-state index in [1.807, 2.05) is 39.0 Å². The quantitative estimate of drug-likeness (QED) is 0.769. The summed E-state index contributed by atoms with van der Waals surface area (Å²) in [5, 5.41) is 2.80. The second-order valence-corrected chi connectivity index (χ2v) is 4.57. The van der Waals surface area contributed by atoms with Crippen molar-refractivity contribution >= 4 is 5.91 Å². The molecule has 1 N–H and O–H groups in total. The summed E-state index contributed by atoms with van der Waals surface area (Å²) in [6.07, 6.45) is 0.170. The molecule has 0 aliphatic heterocycles. The summed E-state index contributed by atoms with van der Waals surface area (Å²) in [5.74, 6) is 0.675. The number of nitrogens with one attached hydrogen (secondary N) is 1. The molecule has 19 heavy (non-hydrogen) atoms. The minimum absolute atomic E-state index is 0.0968. The Kier molecular flexibility index (Phi) is 6.36. The first kappa shape index (κ1) is 15.5. The number of amides is 1. The van der Waals surface area contributed by atoms with Crippen molar-refractivity contribution in [3.8, 4) is 5.75 Å². The SMILES string of the molecule is CCC(Oc1cc(C)ccc1C)C(=O)NCCOC. The zero-order valence-electron chi connectivity index (χ0n) is 12.2. The predicted molar refractivity (Wildman–Crippen MR) is 75.5 cm³/mol. The van der Waals surface area contributed by atoms with E-state index in [-0.39, 0.29) is 5.91 Å². The predicted octanol–water partition coefficient (Wildman–Crippen LogP) is 2.22. The Balaban J connectivity index is 2.65. The van der Waals surface area contributed by atoms with Crippen LogP contribution in [0.25, 0.3) is 0 Å². The van der Waals surface area contributed by atoms with Crippen LogP contribution in [-0.2, 0) is 9.53 Å². The van der Waals surface area contributed by atoms with E-state index in [4.69, 9.17) is 9.47 Å². The number of benzene rings is 1. The van der Waals surface area contributed by atoms with E-state index in [2.05, 4.69) is 5.32 Å². The van der Waals surface area contributed by atoms with Gasteiger partial charge in [-0.05, 0) is 37.5 Å². The minimum Gasteiger partial charge on any atom is -0.480 e. The molecular formula is C15H23NO3. The molecule has 0 heterocycles. The molecule has 1 rings (SSSR count). The van der Waals surface area contributed by atoms with Gasteiger partial charge < -0.3 is 14.8 Å². The highest BCUT2D eigenvalue weighted by Gasteiger charge is 2.18. The summed E-state index contributed by atoms with van der Waals surface area (Å²) in [7, 11) is 1.61. The zero-order chi connectivity index (χ0) is 14.3. The van der Waals surface area contributed by atoms with Gasteiger partial charge in [-0.3, -0.25) is 4.79 Å². The number of methoxy groups -OCH3 is 1. The summed E-state index contributed by atoms with van der Waals surface area (Å²) in [5.41, 5.74) is 2.16. The lowest BCUT2D eigenvalue weighted by atomic mass is 10.1.